The molecule has 3 rings (SSSR count). The summed E-state index contributed by atoms with van der Waals surface area (Å²) in [5.41, 5.74) is 1.05. The SMILES string of the molecule is CCN(c1ccccc1)S(=O)(=O)c1ccc(NC(=O)c2nc(SC)ncc2Cl)cc1. The Morgan fingerprint density at radius 3 is 2.40 bits per heavy atom. The molecule has 3 aromatic rings. The molecule has 0 aliphatic heterocycles. The van der Waals surface area contributed by atoms with E-state index in [-0.39, 0.29) is 22.2 Å². The molecule has 10 heteroatoms. The van der Waals surface area contributed by atoms with Crippen molar-refractivity contribution in [3.05, 3.63) is 71.5 Å². The second kappa shape index (κ2) is 9.46. The van der Waals surface area contributed by atoms with Gasteiger partial charge in [0.1, 0.15) is 0 Å². The molecule has 0 bridgehead atoms. The molecule has 0 saturated heterocycles. The van der Waals surface area contributed by atoms with Gasteiger partial charge in [-0.1, -0.05) is 41.6 Å². The fourth-order valence-electron chi connectivity index (χ4n) is 2.72. The number of para-hydroxylation sites is 1. The fraction of sp³-hybridized carbons (Fsp3) is 0.150. The van der Waals surface area contributed by atoms with Gasteiger partial charge in [0, 0.05) is 12.2 Å². The number of nitrogens with zero attached hydrogens (tertiary/aromatic N) is 3. The number of halogens is 1. The third-order valence-corrected chi connectivity index (χ3v) is 6.91. The molecule has 0 aliphatic rings. The number of benzene rings is 2. The number of hydrogen-bond acceptors (Lipinski definition) is 6. The Hall–Kier alpha value is -2.62. The third kappa shape index (κ3) is 4.75. The number of rotatable bonds is 7. The van der Waals surface area contributed by atoms with Crippen LogP contribution >= 0.6 is 23.4 Å². The summed E-state index contributed by atoms with van der Waals surface area (Å²) in [5.74, 6) is -0.507. The summed E-state index contributed by atoms with van der Waals surface area (Å²) in [6.45, 7) is 2.06. The standard InChI is InChI=1S/C20H19ClN4O3S2/c1-3-25(15-7-5-4-6-8-15)30(27,28)16-11-9-14(10-12-16)23-19(26)18-17(21)13-22-20(24-18)29-2/h4-13H,3H2,1-2H3,(H,23,26). The van der Waals surface area contributed by atoms with E-state index in [1.54, 1.807) is 37.4 Å². The Bertz CT molecular complexity index is 1140. The van der Waals surface area contributed by atoms with Crippen LogP contribution in [0.2, 0.25) is 5.02 Å². The van der Waals surface area contributed by atoms with Crippen molar-refractivity contribution in [3.8, 4) is 0 Å². The zero-order valence-corrected chi connectivity index (χ0v) is 18.6. The molecule has 30 heavy (non-hydrogen) atoms. The number of anilines is 2. The molecule has 0 atom stereocenters. The van der Waals surface area contributed by atoms with Crippen LogP contribution in [0.3, 0.4) is 0 Å². The molecule has 0 radical (unpaired) electrons. The summed E-state index contributed by atoms with van der Waals surface area (Å²) in [4.78, 5) is 20.7. The minimum Gasteiger partial charge on any atom is -0.321 e. The van der Waals surface area contributed by atoms with Crippen molar-refractivity contribution in [3.63, 3.8) is 0 Å². The Morgan fingerprint density at radius 1 is 1.13 bits per heavy atom. The number of carbonyl (C=O) groups excluding carboxylic acids is 1. The maximum atomic E-state index is 13.0. The van der Waals surface area contributed by atoms with Crippen LogP contribution in [0.25, 0.3) is 0 Å². The maximum absolute atomic E-state index is 13.0. The van der Waals surface area contributed by atoms with E-state index >= 15 is 0 Å². The molecule has 0 saturated carbocycles. The molecule has 1 aromatic heterocycles. The molecule has 7 nitrogen and oxygen atoms in total. The summed E-state index contributed by atoms with van der Waals surface area (Å²) < 4.78 is 27.4. The number of sulfonamides is 1. The van der Waals surface area contributed by atoms with Gasteiger partial charge in [-0.2, -0.15) is 0 Å². The van der Waals surface area contributed by atoms with Gasteiger partial charge in [-0.3, -0.25) is 9.10 Å². The van der Waals surface area contributed by atoms with E-state index in [1.165, 1.54) is 46.5 Å². The lowest BCUT2D eigenvalue weighted by atomic mass is 10.3. The Kier molecular flexibility index (Phi) is 6.96. The van der Waals surface area contributed by atoms with E-state index in [4.69, 9.17) is 11.6 Å². The van der Waals surface area contributed by atoms with Gasteiger partial charge < -0.3 is 5.32 Å². The smallest absolute Gasteiger partial charge is 0.275 e. The van der Waals surface area contributed by atoms with Gasteiger partial charge in [0.2, 0.25) is 0 Å². The first-order valence-corrected chi connectivity index (χ1v) is 12.0. The lowest BCUT2D eigenvalue weighted by molar-refractivity contribution is 0.102. The van der Waals surface area contributed by atoms with Gasteiger partial charge >= 0.3 is 0 Å². The number of aromatic nitrogens is 2. The van der Waals surface area contributed by atoms with Crippen LogP contribution in [0.15, 0.2) is 70.8 Å². The van der Waals surface area contributed by atoms with Gasteiger partial charge in [-0.05, 0) is 49.6 Å². The molecular formula is C20H19ClN4O3S2. The van der Waals surface area contributed by atoms with Crippen LogP contribution in [0, 0.1) is 0 Å². The van der Waals surface area contributed by atoms with Crippen molar-refractivity contribution >= 4 is 50.7 Å². The first-order valence-electron chi connectivity index (χ1n) is 8.92. The van der Waals surface area contributed by atoms with E-state index < -0.39 is 15.9 Å². The van der Waals surface area contributed by atoms with Crippen LogP contribution in [0.4, 0.5) is 11.4 Å². The zero-order valence-electron chi connectivity index (χ0n) is 16.2. The van der Waals surface area contributed by atoms with E-state index in [1.807, 2.05) is 6.07 Å². The topological polar surface area (TPSA) is 92.3 Å². The largest absolute Gasteiger partial charge is 0.321 e. The van der Waals surface area contributed by atoms with Gasteiger partial charge in [-0.25, -0.2) is 18.4 Å². The Labute approximate surface area is 184 Å². The molecule has 156 valence electrons. The fourth-order valence-corrected chi connectivity index (χ4v) is 4.71. The molecule has 2 aromatic carbocycles. The lowest BCUT2D eigenvalue weighted by Gasteiger charge is -2.23. The molecule has 0 fully saturated rings. The number of hydrogen-bond donors (Lipinski definition) is 1. The summed E-state index contributed by atoms with van der Waals surface area (Å²) in [7, 11) is -3.74. The average molecular weight is 463 g/mol. The summed E-state index contributed by atoms with van der Waals surface area (Å²) in [6.07, 6.45) is 3.16. The summed E-state index contributed by atoms with van der Waals surface area (Å²) in [6, 6.07) is 14.8. The van der Waals surface area contributed by atoms with E-state index in [9.17, 15) is 13.2 Å². The van der Waals surface area contributed by atoms with E-state index in [0.717, 1.165) is 0 Å². The molecule has 1 N–H and O–H groups in total. The van der Waals surface area contributed by atoms with Gasteiger partial charge in [0.25, 0.3) is 15.9 Å². The molecule has 0 aliphatic carbocycles. The van der Waals surface area contributed by atoms with Gasteiger partial charge in [0.05, 0.1) is 21.8 Å². The average Bonchev–Trinajstić information content (AvgIpc) is 2.75. The van der Waals surface area contributed by atoms with Gasteiger partial charge in [-0.15, -0.1) is 0 Å². The molecule has 0 spiro atoms. The second-order valence-electron chi connectivity index (χ2n) is 6.04. The van der Waals surface area contributed by atoms with Crippen molar-refractivity contribution in [1.29, 1.82) is 0 Å². The number of carbonyl (C=O) groups is 1. The minimum atomic E-state index is -3.74. The van der Waals surface area contributed by atoms with E-state index in [0.29, 0.717) is 16.5 Å². The zero-order chi connectivity index (χ0) is 21.7. The van der Waals surface area contributed by atoms with Crippen molar-refractivity contribution in [2.45, 2.75) is 17.0 Å². The predicted molar refractivity (Wildman–Crippen MR) is 120 cm³/mol. The number of thioether (sulfide) groups is 1. The quantitative estimate of drug-likeness (QED) is 0.415. The Morgan fingerprint density at radius 2 is 1.80 bits per heavy atom. The molecule has 0 unspecified atom stereocenters. The maximum Gasteiger partial charge on any atom is 0.275 e. The normalized spacial score (nSPS) is 11.2. The second-order valence-corrected chi connectivity index (χ2v) is 9.08. The Balaban J connectivity index is 1.81. The molecule has 1 heterocycles. The summed E-state index contributed by atoms with van der Waals surface area (Å²) >= 11 is 7.32. The van der Waals surface area contributed by atoms with Crippen LogP contribution in [-0.2, 0) is 10.0 Å². The minimum absolute atomic E-state index is 0.0500. The van der Waals surface area contributed by atoms with Crippen molar-refractivity contribution in [1.82, 2.24) is 9.97 Å². The van der Waals surface area contributed by atoms with Gasteiger partial charge in [0.15, 0.2) is 10.9 Å². The van der Waals surface area contributed by atoms with Crippen LogP contribution < -0.4 is 9.62 Å². The first-order chi connectivity index (χ1) is 14.4. The monoisotopic (exact) mass is 462 g/mol. The third-order valence-electron chi connectivity index (χ3n) is 4.15. The van der Waals surface area contributed by atoms with Crippen LogP contribution in [0.1, 0.15) is 17.4 Å². The van der Waals surface area contributed by atoms with Crippen molar-refractivity contribution in [2.24, 2.45) is 0 Å². The van der Waals surface area contributed by atoms with Crippen molar-refractivity contribution < 1.29 is 13.2 Å². The highest BCUT2D eigenvalue weighted by molar-refractivity contribution is 7.98. The van der Waals surface area contributed by atoms with E-state index in [2.05, 4.69) is 15.3 Å². The highest BCUT2D eigenvalue weighted by Crippen LogP contribution is 2.25. The lowest BCUT2D eigenvalue weighted by Crippen LogP contribution is -2.30. The first kappa shape index (κ1) is 22.1. The van der Waals surface area contributed by atoms with Crippen LogP contribution in [0.5, 0.6) is 0 Å². The molecular weight excluding hydrogens is 444 g/mol. The van der Waals surface area contributed by atoms with Crippen molar-refractivity contribution in [2.75, 3.05) is 22.4 Å². The van der Waals surface area contributed by atoms with Crippen LogP contribution in [-0.4, -0.2) is 37.1 Å². The highest BCUT2D eigenvalue weighted by atomic mass is 35.5. The predicted octanol–water partition coefficient (Wildman–Crippen LogP) is 4.32. The molecule has 1 amide bonds. The number of nitrogens with one attached hydrogen (secondary N) is 1. The summed E-state index contributed by atoms with van der Waals surface area (Å²) in [5, 5.41) is 3.23. The highest BCUT2D eigenvalue weighted by Gasteiger charge is 2.23. The number of amides is 1.